The van der Waals surface area contributed by atoms with Gasteiger partial charge in [0.05, 0.1) is 17.4 Å². The number of nitrogens with zero attached hydrogens (tertiary/aromatic N) is 1. The lowest BCUT2D eigenvalue weighted by molar-refractivity contribution is 0.0953. The number of rotatable bonds is 6. The largest absolute Gasteiger partial charge is 0.352 e. The number of imidazole rings is 1. The fourth-order valence-electron chi connectivity index (χ4n) is 1.93. The number of fused-ring (bicyclic) bond motifs is 1. The van der Waals surface area contributed by atoms with Crippen molar-refractivity contribution in [3.05, 3.63) is 30.1 Å². The highest BCUT2D eigenvalue weighted by molar-refractivity contribution is 5.97. The Morgan fingerprint density at radius 3 is 3.06 bits per heavy atom. The molecule has 0 unspecified atom stereocenters. The lowest BCUT2D eigenvalue weighted by Gasteiger charge is -2.04. The van der Waals surface area contributed by atoms with Gasteiger partial charge in [-0.2, -0.15) is 0 Å². The van der Waals surface area contributed by atoms with Gasteiger partial charge in [0.15, 0.2) is 0 Å². The number of benzene rings is 1. The van der Waals surface area contributed by atoms with Crippen molar-refractivity contribution in [2.24, 2.45) is 0 Å². The smallest absolute Gasteiger partial charge is 0.251 e. The molecular weight excluding hydrogens is 226 g/mol. The predicted octanol–water partition coefficient (Wildman–Crippen LogP) is 2.87. The Kier molecular flexibility index (Phi) is 4.34. The Morgan fingerprint density at radius 2 is 2.22 bits per heavy atom. The summed E-state index contributed by atoms with van der Waals surface area (Å²) >= 11 is 0. The Hall–Kier alpha value is -1.84. The van der Waals surface area contributed by atoms with E-state index in [0.717, 1.165) is 24.0 Å². The van der Waals surface area contributed by atoms with Crippen LogP contribution in [0.4, 0.5) is 0 Å². The summed E-state index contributed by atoms with van der Waals surface area (Å²) in [6, 6.07) is 5.51. The number of aromatic nitrogens is 2. The summed E-state index contributed by atoms with van der Waals surface area (Å²) in [4.78, 5) is 19.0. The zero-order valence-corrected chi connectivity index (χ0v) is 10.7. The van der Waals surface area contributed by atoms with Crippen molar-refractivity contribution in [2.45, 2.75) is 32.6 Å². The van der Waals surface area contributed by atoms with Crippen molar-refractivity contribution in [3.8, 4) is 0 Å². The fourth-order valence-corrected chi connectivity index (χ4v) is 1.93. The van der Waals surface area contributed by atoms with Crippen LogP contribution in [0.25, 0.3) is 11.0 Å². The second kappa shape index (κ2) is 6.19. The molecule has 1 aromatic carbocycles. The monoisotopic (exact) mass is 245 g/mol. The normalized spacial score (nSPS) is 10.7. The number of carbonyl (C=O) groups is 1. The van der Waals surface area contributed by atoms with Crippen LogP contribution < -0.4 is 5.32 Å². The molecule has 1 amide bonds. The van der Waals surface area contributed by atoms with Crippen LogP contribution >= 0.6 is 0 Å². The van der Waals surface area contributed by atoms with E-state index in [9.17, 15) is 4.79 Å². The first kappa shape index (κ1) is 12.6. The molecule has 1 aromatic heterocycles. The van der Waals surface area contributed by atoms with Crippen molar-refractivity contribution in [2.75, 3.05) is 6.54 Å². The third kappa shape index (κ3) is 3.09. The van der Waals surface area contributed by atoms with E-state index in [0.29, 0.717) is 5.56 Å². The molecule has 0 saturated heterocycles. The third-order valence-electron chi connectivity index (χ3n) is 3.00. The SMILES string of the molecule is CCCCCCNC(=O)c1ccc2nc[nH]c2c1. The maximum Gasteiger partial charge on any atom is 0.251 e. The Labute approximate surface area is 107 Å². The van der Waals surface area contributed by atoms with E-state index in [2.05, 4.69) is 22.2 Å². The molecule has 0 saturated carbocycles. The standard InChI is InChI=1S/C14H19N3O/c1-2-3-4-5-8-15-14(18)11-6-7-12-13(9-11)17-10-16-12/h6-7,9-10H,2-5,8H2,1H3,(H,15,18)(H,16,17). The molecule has 2 N–H and O–H groups in total. The minimum atomic E-state index is -0.0111. The van der Waals surface area contributed by atoms with Gasteiger partial charge < -0.3 is 10.3 Å². The molecule has 0 aliphatic heterocycles. The summed E-state index contributed by atoms with van der Waals surface area (Å²) in [5.41, 5.74) is 2.46. The van der Waals surface area contributed by atoms with Crippen LogP contribution in [0.5, 0.6) is 0 Å². The number of hydrogen-bond acceptors (Lipinski definition) is 2. The van der Waals surface area contributed by atoms with Gasteiger partial charge in [0.25, 0.3) is 5.91 Å². The molecule has 2 aromatic rings. The van der Waals surface area contributed by atoms with Crippen LogP contribution in [0.15, 0.2) is 24.5 Å². The van der Waals surface area contributed by atoms with Crippen molar-refractivity contribution in [3.63, 3.8) is 0 Å². The average molecular weight is 245 g/mol. The first-order valence-corrected chi connectivity index (χ1v) is 6.52. The average Bonchev–Trinajstić information content (AvgIpc) is 2.85. The van der Waals surface area contributed by atoms with E-state index >= 15 is 0 Å². The number of aromatic amines is 1. The predicted molar refractivity (Wildman–Crippen MR) is 72.6 cm³/mol. The Morgan fingerprint density at radius 1 is 1.33 bits per heavy atom. The fraction of sp³-hybridized carbons (Fsp3) is 0.429. The van der Waals surface area contributed by atoms with Gasteiger partial charge in [0.2, 0.25) is 0 Å². The van der Waals surface area contributed by atoms with Crippen molar-refractivity contribution < 1.29 is 4.79 Å². The van der Waals surface area contributed by atoms with Gasteiger partial charge >= 0.3 is 0 Å². The van der Waals surface area contributed by atoms with Crippen molar-refractivity contribution in [1.82, 2.24) is 15.3 Å². The Bertz CT molecular complexity index is 518. The summed E-state index contributed by atoms with van der Waals surface area (Å²) in [6.07, 6.45) is 6.31. The van der Waals surface area contributed by atoms with Crippen LogP contribution in [-0.4, -0.2) is 22.4 Å². The molecule has 1 heterocycles. The summed E-state index contributed by atoms with van der Waals surface area (Å²) in [5, 5.41) is 2.94. The first-order chi connectivity index (χ1) is 8.81. The van der Waals surface area contributed by atoms with Gasteiger partial charge in [-0.1, -0.05) is 26.2 Å². The number of H-pyrrole nitrogens is 1. The molecule has 0 spiro atoms. The number of unbranched alkanes of at least 4 members (excludes halogenated alkanes) is 3. The zero-order chi connectivity index (χ0) is 12.8. The molecular formula is C14H19N3O. The van der Waals surface area contributed by atoms with Crippen LogP contribution in [0.3, 0.4) is 0 Å². The molecule has 0 fully saturated rings. The molecule has 0 aliphatic rings. The van der Waals surface area contributed by atoms with E-state index in [1.54, 1.807) is 6.33 Å². The minimum Gasteiger partial charge on any atom is -0.352 e. The minimum absolute atomic E-state index is 0.0111. The summed E-state index contributed by atoms with van der Waals surface area (Å²) in [5.74, 6) is -0.0111. The van der Waals surface area contributed by atoms with Gasteiger partial charge in [-0.3, -0.25) is 4.79 Å². The third-order valence-corrected chi connectivity index (χ3v) is 3.00. The van der Waals surface area contributed by atoms with Gasteiger partial charge in [0, 0.05) is 12.1 Å². The number of hydrogen-bond donors (Lipinski definition) is 2. The van der Waals surface area contributed by atoms with Crippen LogP contribution in [0, 0.1) is 0 Å². The highest BCUT2D eigenvalue weighted by atomic mass is 16.1. The number of amides is 1. The first-order valence-electron chi connectivity index (χ1n) is 6.52. The summed E-state index contributed by atoms with van der Waals surface area (Å²) in [6.45, 7) is 2.93. The van der Waals surface area contributed by atoms with E-state index in [-0.39, 0.29) is 5.91 Å². The van der Waals surface area contributed by atoms with E-state index in [4.69, 9.17) is 0 Å². The molecule has 96 valence electrons. The Balaban J connectivity index is 1.88. The molecule has 0 bridgehead atoms. The van der Waals surface area contributed by atoms with E-state index in [1.165, 1.54) is 19.3 Å². The van der Waals surface area contributed by atoms with E-state index < -0.39 is 0 Å². The topological polar surface area (TPSA) is 57.8 Å². The lowest BCUT2D eigenvalue weighted by Crippen LogP contribution is -2.24. The van der Waals surface area contributed by atoms with Gasteiger partial charge in [-0.05, 0) is 24.6 Å². The molecule has 0 atom stereocenters. The zero-order valence-electron chi connectivity index (χ0n) is 10.7. The van der Waals surface area contributed by atoms with Crippen LogP contribution in [0.1, 0.15) is 43.0 Å². The van der Waals surface area contributed by atoms with Crippen molar-refractivity contribution in [1.29, 1.82) is 0 Å². The molecule has 4 heteroatoms. The summed E-state index contributed by atoms with van der Waals surface area (Å²) < 4.78 is 0. The maximum atomic E-state index is 11.9. The second-order valence-corrected chi connectivity index (χ2v) is 4.45. The molecule has 18 heavy (non-hydrogen) atoms. The molecule has 0 aliphatic carbocycles. The molecule has 0 radical (unpaired) electrons. The molecule has 4 nitrogen and oxygen atoms in total. The molecule has 2 rings (SSSR count). The lowest BCUT2D eigenvalue weighted by atomic mass is 10.1. The van der Waals surface area contributed by atoms with Crippen LogP contribution in [0.2, 0.25) is 0 Å². The summed E-state index contributed by atoms with van der Waals surface area (Å²) in [7, 11) is 0. The van der Waals surface area contributed by atoms with Gasteiger partial charge in [-0.15, -0.1) is 0 Å². The second-order valence-electron chi connectivity index (χ2n) is 4.45. The quantitative estimate of drug-likeness (QED) is 0.769. The number of carbonyl (C=O) groups excluding carboxylic acids is 1. The highest BCUT2D eigenvalue weighted by Gasteiger charge is 2.06. The van der Waals surface area contributed by atoms with Gasteiger partial charge in [-0.25, -0.2) is 4.98 Å². The van der Waals surface area contributed by atoms with Crippen molar-refractivity contribution >= 4 is 16.9 Å². The van der Waals surface area contributed by atoms with Gasteiger partial charge in [0.1, 0.15) is 0 Å². The number of nitrogens with one attached hydrogen (secondary N) is 2. The maximum absolute atomic E-state index is 11.9. The van der Waals surface area contributed by atoms with Crippen LogP contribution in [-0.2, 0) is 0 Å². The highest BCUT2D eigenvalue weighted by Crippen LogP contribution is 2.11. The van der Waals surface area contributed by atoms with E-state index in [1.807, 2.05) is 18.2 Å².